The summed E-state index contributed by atoms with van der Waals surface area (Å²) in [4.78, 5) is 11.4. The third-order valence-corrected chi connectivity index (χ3v) is 3.11. The van der Waals surface area contributed by atoms with E-state index in [-0.39, 0.29) is 11.3 Å². The molecule has 3 N–H and O–H groups in total. The first-order valence-electron chi connectivity index (χ1n) is 4.42. The van der Waals surface area contributed by atoms with Crippen LogP contribution < -0.4 is 4.89 Å². The maximum Gasteiger partial charge on any atom is 0.303 e. The highest BCUT2D eigenvalue weighted by atomic mass is 32.2. The Balaban J connectivity index is 2.80. The lowest BCUT2D eigenvalue weighted by atomic mass is 10.1. The van der Waals surface area contributed by atoms with E-state index in [0.717, 1.165) is 5.56 Å². The summed E-state index contributed by atoms with van der Waals surface area (Å²) in [5.41, 5.74) is 0.722. The minimum absolute atomic E-state index is 0.00958. The molecule has 0 radical (unpaired) electrons. The minimum atomic E-state index is -3.86. The number of carboxylic acids is 1. The second-order valence-electron chi connectivity index (χ2n) is 3.13. The third-order valence-electron chi connectivity index (χ3n) is 1.98. The molecule has 0 saturated carbocycles. The van der Waals surface area contributed by atoms with Gasteiger partial charge in [-0.2, -0.15) is 0 Å². The van der Waals surface area contributed by atoms with E-state index in [0.29, 0.717) is 6.42 Å². The van der Waals surface area contributed by atoms with Crippen LogP contribution in [0.15, 0.2) is 29.2 Å². The SMILES string of the molecule is O=C(O)CCc1ccc(S(=O)(=O)NO)cc1. The monoisotopic (exact) mass is 245 g/mol. The topological polar surface area (TPSA) is 104 Å². The lowest BCUT2D eigenvalue weighted by Gasteiger charge is -2.02. The van der Waals surface area contributed by atoms with Gasteiger partial charge in [0.25, 0.3) is 10.0 Å². The number of hydrogen-bond acceptors (Lipinski definition) is 4. The molecule has 6 nitrogen and oxygen atoms in total. The van der Waals surface area contributed by atoms with Gasteiger partial charge in [0.05, 0.1) is 4.90 Å². The number of rotatable bonds is 5. The van der Waals surface area contributed by atoms with Crippen LogP contribution in [-0.2, 0) is 21.2 Å². The Kier molecular flexibility index (Phi) is 3.99. The Morgan fingerprint density at radius 1 is 1.25 bits per heavy atom. The van der Waals surface area contributed by atoms with E-state index < -0.39 is 16.0 Å². The summed E-state index contributed by atoms with van der Waals surface area (Å²) in [6.07, 6.45) is 0.326. The maximum atomic E-state index is 11.1. The molecular weight excluding hydrogens is 234 g/mol. The number of carboxylic acid groups (broad SMARTS) is 1. The molecule has 0 aliphatic carbocycles. The number of benzene rings is 1. The minimum Gasteiger partial charge on any atom is -0.481 e. The zero-order valence-corrected chi connectivity index (χ0v) is 9.07. The largest absolute Gasteiger partial charge is 0.481 e. The van der Waals surface area contributed by atoms with E-state index in [2.05, 4.69) is 0 Å². The van der Waals surface area contributed by atoms with Crippen LogP contribution in [-0.4, -0.2) is 24.7 Å². The van der Waals surface area contributed by atoms with Gasteiger partial charge in [-0.15, -0.1) is 0 Å². The molecule has 0 fully saturated rings. The van der Waals surface area contributed by atoms with Gasteiger partial charge in [0.15, 0.2) is 0 Å². The molecule has 0 heterocycles. The number of hydrogen-bond donors (Lipinski definition) is 3. The molecule has 16 heavy (non-hydrogen) atoms. The van der Waals surface area contributed by atoms with Crippen molar-refractivity contribution in [2.24, 2.45) is 0 Å². The first-order valence-corrected chi connectivity index (χ1v) is 5.90. The molecule has 88 valence electrons. The van der Waals surface area contributed by atoms with Crippen LogP contribution in [0.25, 0.3) is 0 Å². The van der Waals surface area contributed by atoms with Crippen LogP contribution in [0.4, 0.5) is 0 Å². The molecule has 0 amide bonds. The second kappa shape index (κ2) is 5.06. The Hall–Kier alpha value is -1.44. The number of aliphatic carboxylic acids is 1. The van der Waals surface area contributed by atoms with Crippen molar-refractivity contribution in [3.63, 3.8) is 0 Å². The summed E-state index contributed by atoms with van der Waals surface area (Å²) in [5.74, 6) is -0.909. The molecule has 1 rings (SSSR count). The van der Waals surface area contributed by atoms with Crippen LogP contribution in [0.3, 0.4) is 0 Å². The number of carbonyl (C=O) groups is 1. The Bertz CT molecular complexity index is 465. The van der Waals surface area contributed by atoms with Gasteiger partial charge in [-0.05, 0) is 24.1 Å². The average Bonchev–Trinajstić information content (AvgIpc) is 2.27. The molecule has 0 saturated heterocycles. The second-order valence-corrected chi connectivity index (χ2v) is 4.79. The predicted molar refractivity (Wildman–Crippen MR) is 54.5 cm³/mol. The Morgan fingerprint density at radius 2 is 1.81 bits per heavy atom. The van der Waals surface area contributed by atoms with Gasteiger partial charge in [0.2, 0.25) is 0 Å². The molecule has 0 atom stereocenters. The van der Waals surface area contributed by atoms with Crippen LogP contribution in [0.5, 0.6) is 0 Å². The summed E-state index contributed by atoms with van der Waals surface area (Å²) in [7, 11) is -3.86. The summed E-state index contributed by atoms with van der Waals surface area (Å²) < 4.78 is 22.2. The highest BCUT2D eigenvalue weighted by Crippen LogP contribution is 2.11. The molecule has 0 aliphatic heterocycles. The molecule has 0 bridgehead atoms. The highest BCUT2D eigenvalue weighted by Gasteiger charge is 2.11. The van der Waals surface area contributed by atoms with E-state index in [1.54, 1.807) is 0 Å². The van der Waals surface area contributed by atoms with E-state index in [1.165, 1.54) is 29.2 Å². The van der Waals surface area contributed by atoms with Gasteiger partial charge in [-0.3, -0.25) is 4.79 Å². The fourth-order valence-corrected chi connectivity index (χ4v) is 1.74. The highest BCUT2D eigenvalue weighted by molar-refractivity contribution is 7.89. The number of sulfonamides is 1. The Morgan fingerprint density at radius 3 is 2.25 bits per heavy atom. The van der Waals surface area contributed by atoms with E-state index in [1.807, 2.05) is 0 Å². The van der Waals surface area contributed by atoms with Gasteiger partial charge in [-0.25, -0.2) is 8.42 Å². The Labute approximate surface area is 92.5 Å². The third kappa shape index (κ3) is 3.30. The summed E-state index contributed by atoms with van der Waals surface area (Å²) >= 11 is 0. The first kappa shape index (κ1) is 12.6. The fourth-order valence-electron chi connectivity index (χ4n) is 1.14. The predicted octanol–water partition coefficient (Wildman–Crippen LogP) is 0.371. The van der Waals surface area contributed by atoms with E-state index in [9.17, 15) is 13.2 Å². The fraction of sp³-hybridized carbons (Fsp3) is 0.222. The first-order chi connectivity index (χ1) is 7.45. The van der Waals surface area contributed by atoms with Crippen molar-refractivity contribution in [3.8, 4) is 0 Å². The molecule has 1 aromatic rings. The average molecular weight is 245 g/mol. The number of nitrogens with one attached hydrogen (secondary N) is 1. The van der Waals surface area contributed by atoms with Gasteiger partial charge in [-0.1, -0.05) is 17.0 Å². The van der Waals surface area contributed by atoms with Gasteiger partial charge in [0, 0.05) is 6.42 Å². The van der Waals surface area contributed by atoms with Crippen molar-refractivity contribution in [1.29, 1.82) is 0 Å². The molecule has 0 aliphatic rings. The van der Waals surface area contributed by atoms with E-state index >= 15 is 0 Å². The quantitative estimate of drug-likeness (QED) is 0.650. The van der Waals surface area contributed by atoms with Crippen molar-refractivity contribution >= 4 is 16.0 Å². The summed E-state index contributed by atoms with van der Waals surface area (Å²) in [5, 5.41) is 16.8. The molecule has 0 spiro atoms. The lowest BCUT2D eigenvalue weighted by Crippen LogP contribution is -2.19. The van der Waals surface area contributed by atoms with Crippen molar-refractivity contribution in [1.82, 2.24) is 4.89 Å². The lowest BCUT2D eigenvalue weighted by molar-refractivity contribution is -0.136. The van der Waals surface area contributed by atoms with Crippen LogP contribution in [0.2, 0.25) is 0 Å². The maximum absolute atomic E-state index is 11.1. The van der Waals surface area contributed by atoms with E-state index in [4.69, 9.17) is 10.3 Å². The molecule has 7 heteroatoms. The molecule has 1 aromatic carbocycles. The standard InChI is InChI=1S/C9H11NO5S/c11-9(12)6-3-7-1-4-8(5-2-7)16(14,15)10-13/h1-2,4-5,10,13H,3,6H2,(H,11,12). The zero-order valence-electron chi connectivity index (χ0n) is 8.25. The normalized spacial score (nSPS) is 11.3. The van der Waals surface area contributed by atoms with Crippen LogP contribution in [0, 0.1) is 0 Å². The molecule has 0 unspecified atom stereocenters. The molecular formula is C9H11NO5S. The summed E-state index contributed by atoms with van der Waals surface area (Å²) in [6, 6.07) is 5.62. The van der Waals surface area contributed by atoms with Gasteiger partial charge >= 0.3 is 5.97 Å². The molecule has 0 aromatic heterocycles. The summed E-state index contributed by atoms with van der Waals surface area (Å²) in [6.45, 7) is 0. The van der Waals surface area contributed by atoms with Crippen LogP contribution >= 0.6 is 0 Å². The van der Waals surface area contributed by atoms with Crippen molar-refractivity contribution in [2.45, 2.75) is 17.7 Å². The smallest absolute Gasteiger partial charge is 0.303 e. The number of aryl methyl sites for hydroxylation is 1. The van der Waals surface area contributed by atoms with Crippen LogP contribution in [0.1, 0.15) is 12.0 Å². The van der Waals surface area contributed by atoms with Crippen molar-refractivity contribution in [3.05, 3.63) is 29.8 Å². The van der Waals surface area contributed by atoms with Gasteiger partial charge in [0.1, 0.15) is 0 Å². The van der Waals surface area contributed by atoms with Gasteiger partial charge < -0.3 is 10.3 Å². The van der Waals surface area contributed by atoms with Crippen molar-refractivity contribution in [2.75, 3.05) is 0 Å². The zero-order chi connectivity index (χ0) is 12.2. The van der Waals surface area contributed by atoms with Crippen molar-refractivity contribution < 1.29 is 23.5 Å².